The van der Waals surface area contributed by atoms with E-state index < -0.39 is 37.3 Å². The summed E-state index contributed by atoms with van der Waals surface area (Å²) in [5.41, 5.74) is 0. The maximum absolute atomic E-state index is 9.12. The Labute approximate surface area is 74.1 Å². The van der Waals surface area contributed by atoms with Gasteiger partial charge in [-0.3, -0.25) is 0 Å². The molecule has 1 rings (SSSR count). The zero-order valence-corrected chi connectivity index (χ0v) is 6.74. The predicted octanol–water partition coefficient (Wildman–Crippen LogP) is -4.05. The first-order valence-electron chi connectivity index (χ1n) is 3.56. The number of rotatable bonds is 1. The first-order chi connectivity index (χ1) is 5.57. The van der Waals surface area contributed by atoms with Crippen LogP contribution in [0.5, 0.6) is 0 Å². The van der Waals surface area contributed by atoms with Crippen LogP contribution in [-0.4, -0.2) is 68.3 Å². The lowest BCUT2D eigenvalue weighted by atomic mass is 10.00. The molecule has 0 saturated carbocycles. The highest BCUT2D eigenvalue weighted by atomic mass is 16.6. The number of hydrogen-bond donors (Lipinski definition) is 5. The summed E-state index contributed by atoms with van der Waals surface area (Å²) in [5.74, 6) is 0. The van der Waals surface area contributed by atoms with Crippen molar-refractivity contribution < 1.29 is 35.7 Å². The van der Waals surface area contributed by atoms with Gasteiger partial charge in [0.2, 0.25) is 0 Å². The summed E-state index contributed by atoms with van der Waals surface area (Å²) in [6, 6.07) is 0. The van der Waals surface area contributed by atoms with Crippen LogP contribution < -0.4 is 0 Å². The van der Waals surface area contributed by atoms with E-state index in [0.29, 0.717) is 0 Å². The molecule has 7 N–H and O–H groups in total. The zero-order valence-electron chi connectivity index (χ0n) is 6.74. The van der Waals surface area contributed by atoms with E-state index in [1.807, 2.05) is 0 Å². The van der Waals surface area contributed by atoms with Gasteiger partial charge in [-0.15, -0.1) is 0 Å². The summed E-state index contributed by atoms with van der Waals surface area (Å²) in [6.07, 6.45) is -7.04. The predicted molar refractivity (Wildman–Crippen MR) is 39.6 cm³/mol. The Morgan fingerprint density at radius 1 is 0.923 bits per heavy atom. The van der Waals surface area contributed by atoms with Gasteiger partial charge in [-0.25, -0.2) is 0 Å². The average molecular weight is 198 g/mol. The lowest BCUT2D eigenvalue weighted by molar-refractivity contribution is -0.286. The van der Waals surface area contributed by atoms with Crippen molar-refractivity contribution in [3.05, 3.63) is 0 Å². The number of aliphatic hydroxyl groups is 5. The van der Waals surface area contributed by atoms with Gasteiger partial charge in [0.15, 0.2) is 6.29 Å². The van der Waals surface area contributed by atoms with Crippen LogP contribution in [0.2, 0.25) is 0 Å². The van der Waals surface area contributed by atoms with Gasteiger partial charge in [0.1, 0.15) is 24.4 Å². The molecule has 1 aliphatic rings. The summed E-state index contributed by atoms with van der Waals surface area (Å²) in [5, 5.41) is 44.7. The number of hydrogen-bond acceptors (Lipinski definition) is 6. The Kier molecular flexibility index (Phi) is 4.71. The van der Waals surface area contributed by atoms with Crippen LogP contribution in [0.25, 0.3) is 0 Å². The maximum Gasteiger partial charge on any atom is 0.184 e. The van der Waals surface area contributed by atoms with Crippen molar-refractivity contribution in [2.24, 2.45) is 0 Å². The molecule has 0 radical (unpaired) electrons. The normalized spacial score (nSPS) is 45.5. The molecular weight excluding hydrogens is 184 g/mol. The highest BCUT2D eigenvalue weighted by Crippen LogP contribution is 2.18. The minimum atomic E-state index is -1.57. The Hall–Kier alpha value is -0.280. The van der Waals surface area contributed by atoms with Gasteiger partial charge in [0, 0.05) is 0 Å². The van der Waals surface area contributed by atoms with Crippen molar-refractivity contribution in [3.63, 3.8) is 0 Å². The van der Waals surface area contributed by atoms with Crippen LogP contribution >= 0.6 is 0 Å². The molecule has 1 unspecified atom stereocenters. The molecule has 0 aliphatic carbocycles. The van der Waals surface area contributed by atoms with Gasteiger partial charge >= 0.3 is 0 Å². The van der Waals surface area contributed by atoms with Gasteiger partial charge < -0.3 is 35.7 Å². The summed E-state index contributed by atoms with van der Waals surface area (Å²) in [6.45, 7) is -0.526. The van der Waals surface area contributed by atoms with Crippen molar-refractivity contribution in [2.75, 3.05) is 6.61 Å². The summed E-state index contributed by atoms with van der Waals surface area (Å²) in [7, 11) is 0. The molecule has 1 fully saturated rings. The fraction of sp³-hybridized carbons (Fsp3) is 1.00. The lowest BCUT2D eigenvalue weighted by Gasteiger charge is -2.37. The van der Waals surface area contributed by atoms with Crippen molar-refractivity contribution in [3.8, 4) is 0 Å². The van der Waals surface area contributed by atoms with Crippen LogP contribution in [0.3, 0.4) is 0 Å². The molecule has 7 nitrogen and oxygen atoms in total. The van der Waals surface area contributed by atoms with E-state index in [2.05, 4.69) is 4.74 Å². The minimum absolute atomic E-state index is 0. The van der Waals surface area contributed by atoms with Gasteiger partial charge in [-0.2, -0.15) is 0 Å². The van der Waals surface area contributed by atoms with E-state index in [1.165, 1.54) is 0 Å². The molecule has 1 aliphatic heterocycles. The first kappa shape index (κ1) is 12.7. The molecule has 0 aromatic carbocycles. The third-order valence-electron chi connectivity index (χ3n) is 1.87. The van der Waals surface area contributed by atoms with Crippen LogP contribution in [0, 0.1) is 0 Å². The van der Waals surface area contributed by atoms with Gasteiger partial charge in [-0.05, 0) is 0 Å². The third-order valence-corrected chi connectivity index (χ3v) is 1.87. The highest BCUT2D eigenvalue weighted by molar-refractivity contribution is 4.87. The monoisotopic (exact) mass is 198 g/mol. The van der Waals surface area contributed by atoms with Crippen molar-refractivity contribution in [1.29, 1.82) is 0 Å². The van der Waals surface area contributed by atoms with Crippen LogP contribution in [0.1, 0.15) is 0 Å². The highest BCUT2D eigenvalue weighted by Gasteiger charge is 2.42. The van der Waals surface area contributed by atoms with Crippen LogP contribution in [0.15, 0.2) is 0 Å². The van der Waals surface area contributed by atoms with Crippen molar-refractivity contribution in [1.82, 2.24) is 0 Å². The lowest BCUT2D eigenvalue weighted by Crippen LogP contribution is -2.58. The molecular formula is C6H14O7. The van der Waals surface area contributed by atoms with Crippen molar-refractivity contribution in [2.45, 2.75) is 30.7 Å². The van der Waals surface area contributed by atoms with E-state index >= 15 is 0 Å². The quantitative estimate of drug-likeness (QED) is 0.290. The standard InChI is InChI=1S/C6H12O6.H2O/c7-1-2-3(8)4(9)5(10)6(11)12-2;/h2-11H,1H2;1H2/t2-,3-,4-,5-,6?;/m1./s1. The smallest absolute Gasteiger partial charge is 0.184 e. The molecule has 0 spiro atoms. The number of ether oxygens (including phenoxy) is 1. The SMILES string of the molecule is O.OC[C@H]1OC(O)[C@H](O)[C@H](O)[C@@H]1O. The molecule has 0 aromatic heterocycles. The van der Waals surface area contributed by atoms with E-state index in [0.717, 1.165) is 0 Å². The van der Waals surface area contributed by atoms with Gasteiger partial charge in [0.25, 0.3) is 0 Å². The Balaban J connectivity index is 0.00000144. The molecule has 7 heteroatoms. The Morgan fingerprint density at radius 2 is 1.46 bits per heavy atom. The molecule has 0 amide bonds. The van der Waals surface area contributed by atoms with Crippen molar-refractivity contribution >= 4 is 0 Å². The zero-order chi connectivity index (χ0) is 9.30. The molecule has 0 bridgehead atoms. The summed E-state index contributed by atoms with van der Waals surface area (Å²) < 4.78 is 4.58. The van der Waals surface area contributed by atoms with Gasteiger partial charge in [0.05, 0.1) is 6.61 Å². The van der Waals surface area contributed by atoms with Crippen LogP contribution in [-0.2, 0) is 4.74 Å². The average Bonchev–Trinajstić information content (AvgIpc) is 2.08. The Morgan fingerprint density at radius 3 is 1.92 bits per heavy atom. The maximum atomic E-state index is 9.12. The third kappa shape index (κ3) is 2.35. The molecule has 1 heterocycles. The molecule has 13 heavy (non-hydrogen) atoms. The minimum Gasteiger partial charge on any atom is -0.412 e. The van der Waals surface area contributed by atoms with Gasteiger partial charge in [-0.1, -0.05) is 0 Å². The summed E-state index contributed by atoms with van der Waals surface area (Å²) >= 11 is 0. The molecule has 0 aromatic rings. The Bertz CT molecular complexity index is 147. The molecule has 5 atom stereocenters. The fourth-order valence-electron chi connectivity index (χ4n) is 1.08. The molecule has 1 saturated heterocycles. The number of aliphatic hydroxyl groups excluding tert-OH is 5. The largest absolute Gasteiger partial charge is 0.412 e. The summed E-state index contributed by atoms with van der Waals surface area (Å²) in [4.78, 5) is 0. The second kappa shape index (κ2) is 4.82. The van der Waals surface area contributed by atoms with E-state index in [-0.39, 0.29) is 5.48 Å². The van der Waals surface area contributed by atoms with E-state index in [1.54, 1.807) is 0 Å². The van der Waals surface area contributed by atoms with E-state index in [9.17, 15) is 0 Å². The second-order valence-electron chi connectivity index (χ2n) is 2.72. The van der Waals surface area contributed by atoms with E-state index in [4.69, 9.17) is 25.5 Å². The fourth-order valence-corrected chi connectivity index (χ4v) is 1.08. The van der Waals surface area contributed by atoms with Crippen LogP contribution in [0.4, 0.5) is 0 Å². The first-order valence-corrected chi connectivity index (χ1v) is 3.56. The topological polar surface area (TPSA) is 142 Å². The second-order valence-corrected chi connectivity index (χ2v) is 2.72. The molecule has 80 valence electrons.